The highest BCUT2D eigenvalue weighted by Gasteiger charge is 2.33. The van der Waals surface area contributed by atoms with Crippen LogP contribution in [-0.4, -0.2) is 46.7 Å². The first-order chi connectivity index (χ1) is 12.7. The Bertz CT molecular complexity index is 809. The van der Waals surface area contributed by atoms with Crippen LogP contribution in [-0.2, 0) is 0 Å². The monoisotopic (exact) mass is 386 g/mol. The van der Waals surface area contributed by atoms with Crippen LogP contribution >= 0.6 is 0 Å². The lowest BCUT2D eigenvalue weighted by atomic mass is 10.1. The van der Waals surface area contributed by atoms with Crippen LogP contribution in [0, 0.1) is 18.6 Å². The van der Waals surface area contributed by atoms with Gasteiger partial charge in [-0.05, 0) is 38.4 Å². The molecule has 1 unspecified atom stereocenters. The summed E-state index contributed by atoms with van der Waals surface area (Å²) in [4.78, 5) is 9.79. The van der Waals surface area contributed by atoms with Gasteiger partial charge in [-0.25, -0.2) is 18.7 Å². The van der Waals surface area contributed by atoms with E-state index in [9.17, 15) is 22.0 Å². The molecule has 1 N–H and O–H groups in total. The second-order valence-electron chi connectivity index (χ2n) is 6.65. The molecule has 1 atom stereocenters. The van der Waals surface area contributed by atoms with Crippen LogP contribution in [0.3, 0.4) is 0 Å². The Labute approximate surface area is 153 Å². The molecule has 0 amide bonds. The molecule has 0 radical (unpaired) electrons. The molecule has 0 saturated carbocycles. The molecule has 1 aliphatic heterocycles. The lowest BCUT2D eigenvalue weighted by molar-refractivity contribution is -0.147. The lowest BCUT2D eigenvalue weighted by Gasteiger charge is -2.33. The van der Waals surface area contributed by atoms with Gasteiger partial charge in [0.25, 0.3) is 0 Å². The highest BCUT2D eigenvalue weighted by atomic mass is 19.4. The SMILES string of the molecule is Cc1nc(NC2CCCN(CC(F)(F)F)C2)ncc1-c1ccc(F)cc1F. The molecule has 3 rings (SSSR count). The molecule has 1 fully saturated rings. The van der Waals surface area contributed by atoms with Crippen LogP contribution in [0.4, 0.5) is 27.9 Å². The number of hydrogen-bond acceptors (Lipinski definition) is 4. The third-order valence-corrected chi connectivity index (χ3v) is 4.44. The summed E-state index contributed by atoms with van der Waals surface area (Å²) in [7, 11) is 0. The van der Waals surface area contributed by atoms with E-state index in [0.29, 0.717) is 30.6 Å². The maximum atomic E-state index is 14.0. The number of aryl methyl sites for hydroxylation is 1. The molecule has 1 aromatic carbocycles. The summed E-state index contributed by atoms with van der Waals surface area (Å²) in [6.07, 6.45) is -1.44. The van der Waals surface area contributed by atoms with Crippen LogP contribution in [0.2, 0.25) is 0 Å². The van der Waals surface area contributed by atoms with E-state index in [-0.39, 0.29) is 24.1 Å². The number of rotatable bonds is 4. The summed E-state index contributed by atoms with van der Waals surface area (Å²) in [6, 6.07) is 3.06. The van der Waals surface area contributed by atoms with Gasteiger partial charge in [0.15, 0.2) is 0 Å². The zero-order valence-corrected chi connectivity index (χ0v) is 14.7. The first-order valence-electron chi connectivity index (χ1n) is 8.56. The first-order valence-corrected chi connectivity index (χ1v) is 8.56. The van der Waals surface area contributed by atoms with Crippen molar-refractivity contribution in [1.82, 2.24) is 14.9 Å². The maximum absolute atomic E-state index is 14.0. The van der Waals surface area contributed by atoms with Crippen LogP contribution in [0.1, 0.15) is 18.5 Å². The fraction of sp³-hybridized carbons (Fsp3) is 0.444. The smallest absolute Gasteiger partial charge is 0.350 e. The Hall–Kier alpha value is -2.29. The number of benzene rings is 1. The van der Waals surface area contributed by atoms with Crippen molar-refractivity contribution in [3.63, 3.8) is 0 Å². The van der Waals surface area contributed by atoms with Gasteiger partial charge in [-0.15, -0.1) is 0 Å². The number of aromatic nitrogens is 2. The average Bonchev–Trinajstić information content (AvgIpc) is 2.55. The Kier molecular flexibility index (Phi) is 5.59. The predicted octanol–water partition coefficient (Wildman–Crippen LogP) is 4.17. The second kappa shape index (κ2) is 7.75. The zero-order valence-electron chi connectivity index (χ0n) is 14.7. The number of alkyl halides is 3. The molecule has 4 nitrogen and oxygen atoms in total. The van der Waals surface area contributed by atoms with Crippen molar-refractivity contribution in [2.45, 2.75) is 32.0 Å². The normalized spacial score (nSPS) is 18.5. The standard InChI is InChI=1S/C18H19F5N4/c1-11-15(14-5-4-12(19)7-16(14)20)8-24-17(25-11)26-13-3-2-6-27(9-13)10-18(21,22)23/h4-5,7-8,13H,2-3,6,9-10H2,1H3,(H,24,25,26). The highest BCUT2D eigenvalue weighted by molar-refractivity contribution is 5.66. The van der Waals surface area contributed by atoms with Crippen molar-refractivity contribution < 1.29 is 22.0 Å². The Morgan fingerprint density at radius 2 is 2.00 bits per heavy atom. The van der Waals surface area contributed by atoms with Crippen LogP contribution in [0.25, 0.3) is 11.1 Å². The molecule has 0 aliphatic carbocycles. The molecule has 1 saturated heterocycles. The van der Waals surface area contributed by atoms with E-state index in [1.54, 1.807) is 6.92 Å². The van der Waals surface area contributed by atoms with Gasteiger partial charge in [0.2, 0.25) is 5.95 Å². The Morgan fingerprint density at radius 3 is 2.67 bits per heavy atom. The van der Waals surface area contributed by atoms with Crippen LogP contribution in [0.5, 0.6) is 0 Å². The van der Waals surface area contributed by atoms with E-state index in [2.05, 4.69) is 15.3 Å². The van der Waals surface area contributed by atoms with E-state index >= 15 is 0 Å². The molecule has 1 aromatic heterocycles. The summed E-state index contributed by atoms with van der Waals surface area (Å²) in [6.45, 7) is 1.38. The summed E-state index contributed by atoms with van der Waals surface area (Å²) >= 11 is 0. The summed E-state index contributed by atoms with van der Waals surface area (Å²) in [5.74, 6) is -1.11. The summed E-state index contributed by atoms with van der Waals surface area (Å²) < 4.78 is 64.7. The molecule has 0 spiro atoms. The first kappa shape index (κ1) is 19.5. The van der Waals surface area contributed by atoms with Gasteiger partial charge in [-0.1, -0.05) is 0 Å². The van der Waals surface area contributed by atoms with Crippen molar-refractivity contribution in [2.75, 3.05) is 25.0 Å². The van der Waals surface area contributed by atoms with Crippen LogP contribution < -0.4 is 5.32 Å². The van der Waals surface area contributed by atoms with Gasteiger partial charge in [-0.2, -0.15) is 13.2 Å². The second-order valence-corrected chi connectivity index (χ2v) is 6.65. The largest absolute Gasteiger partial charge is 0.401 e. The van der Waals surface area contributed by atoms with E-state index < -0.39 is 24.4 Å². The minimum atomic E-state index is -4.23. The van der Waals surface area contributed by atoms with Crippen molar-refractivity contribution in [3.8, 4) is 11.1 Å². The lowest BCUT2D eigenvalue weighted by Crippen LogP contribution is -2.46. The van der Waals surface area contributed by atoms with Crippen molar-refractivity contribution in [2.24, 2.45) is 0 Å². The van der Waals surface area contributed by atoms with Crippen molar-refractivity contribution >= 4 is 5.95 Å². The fourth-order valence-electron chi connectivity index (χ4n) is 3.26. The molecule has 2 aromatic rings. The maximum Gasteiger partial charge on any atom is 0.401 e. The number of halogens is 5. The topological polar surface area (TPSA) is 41.1 Å². The van der Waals surface area contributed by atoms with Gasteiger partial charge in [-0.3, -0.25) is 4.90 Å². The van der Waals surface area contributed by atoms with Gasteiger partial charge < -0.3 is 5.32 Å². The quantitative estimate of drug-likeness (QED) is 0.801. The molecule has 1 aliphatic rings. The molecular formula is C18H19F5N4. The van der Waals surface area contributed by atoms with Crippen molar-refractivity contribution in [1.29, 1.82) is 0 Å². The highest BCUT2D eigenvalue weighted by Crippen LogP contribution is 2.26. The molecule has 0 bridgehead atoms. The number of nitrogens with one attached hydrogen (secondary N) is 1. The van der Waals surface area contributed by atoms with Gasteiger partial charge in [0.1, 0.15) is 11.6 Å². The van der Waals surface area contributed by atoms with E-state index in [1.807, 2.05) is 0 Å². The third kappa shape index (κ3) is 5.12. The molecule has 27 heavy (non-hydrogen) atoms. The minimum absolute atomic E-state index is 0.189. The Morgan fingerprint density at radius 1 is 1.22 bits per heavy atom. The molecular weight excluding hydrogens is 367 g/mol. The number of nitrogens with zero attached hydrogens (tertiary/aromatic N) is 3. The fourth-order valence-corrected chi connectivity index (χ4v) is 3.26. The summed E-state index contributed by atoms with van der Waals surface area (Å²) in [5, 5.41) is 3.05. The van der Waals surface area contributed by atoms with Gasteiger partial charge in [0.05, 0.1) is 12.2 Å². The molecule has 146 valence electrons. The van der Waals surface area contributed by atoms with Crippen LogP contribution in [0.15, 0.2) is 24.4 Å². The van der Waals surface area contributed by atoms with E-state index in [4.69, 9.17) is 0 Å². The number of piperidine rings is 1. The Balaban J connectivity index is 1.70. The average molecular weight is 386 g/mol. The van der Waals surface area contributed by atoms with E-state index in [0.717, 1.165) is 12.1 Å². The predicted molar refractivity (Wildman–Crippen MR) is 91.3 cm³/mol. The number of likely N-dealkylation sites (tertiary alicyclic amines) is 1. The summed E-state index contributed by atoms with van der Waals surface area (Å²) in [5.41, 5.74) is 1.11. The van der Waals surface area contributed by atoms with Gasteiger partial charge in [0, 0.05) is 36.0 Å². The van der Waals surface area contributed by atoms with Gasteiger partial charge >= 0.3 is 6.18 Å². The minimum Gasteiger partial charge on any atom is -0.350 e. The zero-order chi connectivity index (χ0) is 19.6. The third-order valence-electron chi connectivity index (χ3n) is 4.44. The number of hydrogen-bond donors (Lipinski definition) is 1. The molecule has 9 heteroatoms. The number of anilines is 1. The van der Waals surface area contributed by atoms with Crippen molar-refractivity contribution in [3.05, 3.63) is 41.7 Å². The molecule has 2 heterocycles. The van der Waals surface area contributed by atoms with E-state index in [1.165, 1.54) is 17.2 Å².